The van der Waals surface area contributed by atoms with Crippen molar-refractivity contribution in [3.05, 3.63) is 59.3 Å². The van der Waals surface area contributed by atoms with E-state index in [4.69, 9.17) is 4.74 Å². The van der Waals surface area contributed by atoms with Crippen molar-refractivity contribution in [2.24, 2.45) is 0 Å². The Hall–Kier alpha value is -2.75. The maximum absolute atomic E-state index is 12.9. The highest BCUT2D eigenvalue weighted by atomic mass is 16.5. The Kier molecular flexibility index (Phi) is 3.53. The van der Waals surface area contributed by atoms with E-state index in [1.54, 1.807) is 7.11 Å². The number of H-pyrrole nitrogens is 1. The van der Waals surface area contributed by atoms with E-state index in [1.165, 1.54) is 5.56 Å². The van der Waals surface area contributed by atoms with Crippen molar-refractivity contribution in [1.82, 2.24) is 4.98 Å². The number of nitrogens with one attached hydrogen (secondary N) is 1. The van der Waals surface area contributed by atoms with Gasteiger partial charge in [-0.1, -0.05) is 18.2 Å². The summed E-state index contributed by atoms with van der Waals surface area (Å²) in [6, 6.07) is 14.1. The van der Waals surface area contributed by atoms with Gasteiger partial charge in [0.05, 0.1) is 13.5 Å². The Labute approximate surface area is 141 Å². The first-order valence-electron chi connectivity index (χ1n) is 8.21. The highest BCUT2D eigenvalue weighted by Gasteiger charge is 2.25. The summed E-state index contributed by atoms with van der Waals surface area (Å²) in [5.74, 6) is 0.952. The fourth-order valence-corrected chi connectivity index (χ4v) is 3.56. The van der Waals surface area contributed by atoms with Crippen LogP contribution in [0.25, 0.3) is 10.9 Å². The molecule has 2 aromatic carbocycles. The number of aromatic nitrogens is 1. The number of amides is 1. The number of nitrogens with zero attached hydrogens (tertiary/aromatic N) is 1. The first-order valence-corrected chi connectivity index (χ1v) is 8.21. The van der Waals surface area contributed by atoms with E-state index in [0.29, 0.717) is 6.42 Å². The average molecular weight is 320 g/mol. The van der Waals surface area contributed by atoms with Crippen LogP contribution in [0.15, 0.2) is 42.5 Å². The molecule has 4 rings (SSSR count). The summed E-state index contributed by atoms with van der Waals surface area (Å²) in [5, 5.41) is 1.06. The third kappa shape index (κ3) is 2.35. The van der Waals surface area contributed by atoms with Crippen LogP contribution in [0.5, 0.6) is 5.75 Å². The third-order valence-electron chi connectivity index (χ3n) is 4.84. The predicted octanol–water partition coefficient (Wildman–Crippen LogP) is 3.62. The summed E-state index contributed by atoms with van der Waals surface area (Å²) in [6.07, 6.45) is 1.33. The SMILES string of the molecule is COc1ccc2[nH]c(C)c(CC(=O)N3CCc4ccccc43)c2c1. The smallest absolute Gasteiger partial charge is 0.231 e. The lowest BCUT2D eigenvalue weighted by Crippen LogP contribution is -2.30. The predicted molar refractivity (Wildman–Crippen MR) is 95.8 cm³/mol. The van der Waals surface area contributed by atoms with Gasteiger partial charge in [0.15, 0.2) is 0 Å². The van der Waals surface area contributed by atoms with Gasteiger partial charge in [-0.05, 0) is 48.7 Å². The van der Waals surface area contributed by atoms with Crippen molar-refractivity contribution in [3.8, 4) is 5.75 Å². The van der Waals surface area contributed by atoms with Crippen LogP contribution in [0.1, 0.15) is 16.8 Å². The van der Waals surface area contributed by atoms with E-state index in [-0.39, 0.29) is 5.91 Å². The minimum absolute atomic E-state index is 0.145. The van der Waals surface area contributed by atoms with E-state index in [1.807, 2.05) is 48.2 Å². The van der Waals surface area contributed by atoms with Crippen molar-refractivity contribution in [2.45, 2.75) is 19.8 Å². The molecule has 0 radical (unpaired) electrons. The second-order valence-electron chi connectivity index (χ2n) is 6.24. The van der Waals surface area contributed by atoms with Gasteiger partial charge in [0.25, 0.3) is 0 Å². The molecule has 1 N–H and O–H groups in total. The van der Waals surface area contributed by atoms with Crippen molar-refractivity contribution < 1.29 is 9.53 Å². The number of hydrogen-bond donors (Lipinski definition) is 1. The van der Waals surface area contributed by atoms with Crippen LogP contribution in [-0.4, -0.2) is 24.5 Å². The zero-order valence-corrected chi connectivity index (χ0v) is 13.9. The lowest BCUT2D eigenvalue weighted by Gasteiger charge is -2.17. The number of ether oxygens (including phenoxy) is 1. The summed E-state index contributed by atoms with van der Waals surface area (Å²) in [7, 11) is 1.66. The molecule has 4 nitrogen and oxygen atoms in total. The van der Waals surface area contributed by atoms with E-state index in [9.17, 15) is 4.79 Å². The Morgan fingerprint density at radius 1 is 1.25 bits per heavy atom. The number of hydrogen-bond acceptors (Lipinski definition) is 2. The summed E-state index contributed by atoms with van der Waals surface area (Å²) in [6.45, 7) is 2.79. The average Bonchev–Trinajstić information content (AvgIpc) is 3.16. The summed E-state index contributed by atoms with van der Waals surface area (Å²) >= 11 is 0. The number of carbonyl (C=O) groups excluding carboxylic acids is 1. The van der Waals surface area contributed by atoms with Crippen LogP contribution in [0.4, 0.5) is 5.69 Å². The molecule has 3 aromatic rings. The van der Waals surface area contributed by atoms with Crippen LogP contribution in [0.3, 0.4) is 0 Å². The van der Waals surface area contributed by atoms with Gasteiger partial charge >= 0.3 is 0 Å². The number of methoxy groups -OCH3 is 1. The number of anilines is 1. The molecule has 122 valence electrons. The molecule has 0 saturated carbocycles. The minimum atomic E-state index is 0.145. The van der Waals surface area contributed by atoms with Gasteiger partial charge < -0.3 is 14.6 Å². The zero-order chi connectivity index (χ0) is 16.7. The van der Waals surface area contributed by atoms with Crippen LogP contribution in [-0.2, 0) is 17.6 Å². The van der Waals surface area contributed by atoms with Crippen molar-refractivity contribution >= 4 is 22.5 Å². The Bertz CT molecular complexity index is 927. The molecular formula is C20H20N2O2. The topological polar surface area (TPSA) is 45.3 Å². The number of aromatic amines is 1. The van der Waals surface area contributed by atoms with Gasteiger partial charge in [0.2, 0.25) is 5.91 Å². The number of aryl methyl sites for hydroxylation is 1. The fraction of sp³-hybridized carbons (Fsp3) is 0.250. The van der Waals surface area contributed by atoms with Crippen molar-refractivity contribution in [3.63, 3.8) is 0 Å². The molecular weight excluding hydrogens is 300 g/mol. The van der Waals surface area contributed by atoms with Gasteiger partial charge in [0, 0.05) is 28.8 Å². The molecule has 0 bridgehead atoms. The monoisotopic (exact) mass is 320 g/mol. The first kappa shape index (κ1) is 14.8. The first-order chi connectivity index (χ1) is 11.7. The molecule has 1 aromatic heterocycles. The molecule has 2 heterocycles. The molecule has 0 atom stereocenters. The van der Waals surface area contributed by atoms with E-state index in [0.717, 1.165) is 46.6 Å². The van der Waals surface area contributed by atoms with Gasteiger partial charge in [-0.3, -0.25) is 4.79 Å². The van der Waals surface area contributed by atoms with Gasteiger partial charge in [-0.25, -0.2) is 0 Å². The summed E-state index contributed by atoms with van der Waals surface area (Å²) in [5.41, 5.74) is 5.44. The van der Waals surface area contributed by atoms with Gasteiger partial charge in [-0.15, -0.1) is 0 Å². The molecule has 0 unspecified atom stereocenters. The molecule has 0 fully saturated rings. The number of benzene rings is 2. The Morgan fingerprint density at radius 3 is 2.92 bits per heavy atom. The molecule has 0 aliphatic carbocycles. The lowest BCUT2D eigenvalue weighted by atomic mass is 10.1. The normalized spacial score (nSPS) is 13.3. The minimum Gasteiger partial charge on any atom is -0.497 e. The maximum atomic E-state index is 12.9. The Balaban J connectivity index is 1.67. The van der Waals surface area contributed by atoms with Crippen molar-refractivity contribution in [1.29, 1.82) is 0 Å². The number of fused-ring (bicyclic) bond motifs is 2. The molecule has 4 heteroatoms. The number of carbonyl (C=O) groups is 1. The van der Waals surface area contributed by atoms with Gasteiger partial charge in [0.1, 0.15) is 5.75 Å². The lowest BCUT2D eigenvalue weighted by molar-refractivity contribution is -0.117. The molecule has 1 amide bonds. The standard InChI is InChI=1S/C20H20N2O2/c1-13-16(17-11-15(24-2)7-8-18(17)21-13)12-20(23)22-10-9-14-5-3-4-6-19(14)22/h3-8,11,21H,9-10,12H2,1-2H3. The Morgan fingerprint density at radius 2 is 2.08 bits per heavy atom. The highest BCUT2D eigenvalue weighted by molar-refractivity contribution is 5.99. The van der Waals surface area contributed by atoms with Crippen LogP contribution < -0.4 is 9.64 Å². The van der Waals surface area contributed by atoms with Crippen LogP contribution in [0.2, 0.25) is 0 Å². The van der Waals surface area contributed by atoms with Crippen LogP contribution >= 0.6 is 0 Å². The quantitative estimate of drug-likeness (QED) is 0.801. The van der Waals surface area contributed by atoms with E-state index >= 15 is 0 Å². The third-order valence-corrected chi connectivity index (χ3v) is 4.84. The molecule has 1 aliphatic heterocycles. The number of rotatable bonds is 3. The summed E-state index contributed by atoms with van der Waals surface area (Å²) in [4.78, 5) is 18.2. The molecule has 0 saturated heterocycles. The van der Waals surface area contributed by atoms with Crippen LogP contribution in [0, 0.1) is 6.92 Å². The fourth-order valence-electron chi connectivity index (χ4n) is 3.56. The second kappa shape index (κ2) is 5.71. The van der Waals surface area contributed by atoms with Gasteiger partial charge in [-0.2, -0.15) is 0 Å². The largest absolute Gasteiger partial charge is 0.497 e. The maximum Gasteiger partial charge on any atom is 0.231 e. The summed E-state index contributed by atoms with van der Waals surface area (Å²) < 4.78 is 5.33. The zero-order valence-electron chi connectivity index (χ0n) is 13.9. The van der Waals surface area contributed by atoms with E-state index in [2.05, 4.69) is 11.1 Å². The van der Waals surface area contributed by atoms with E-state index < -0.39 is 0 Å². The molecule has 0 spiro atoms. The highest BCUT2D eigenvalue weighted by Crippen LogP contribution is 2.30. The number of para-hydroxylation sites is 1. The molecule has 24 heavy (non-hydrogen) atoms. The second-order valence-corrected chi connectivity index (χ2v) is 6.24. The van der Waals surface area contributed by atoms with Crippen molar-refractivity contribution in [2.75, 3.05) is 18.6 Å². The molecule has 1 aliphatic rings.